The molecule has 1 aliphatic rings. The number of amides is 1. The van der Waals surface area contributed by atoms with Crippen LogP contribution in [0.25, 0.3) is 0 Å². The Labute approximate surface area is 155 Å². The van der Waals surface area contributed by atoms with E-state index in [0.29, 0.717) is 19.8 Å². The third kappa shape index (κ3) is 4.71. The number of para-hydroxylation sites is 2. The standard InChI is InChI=1S/C19H20F3N3O2/c20-13-5-6-15(19(22)18(13)21)24-17(26)7-8-23-14-3-1-2-4-16(14)25-9-11-27-12-10-25/h1-6,23H,7-12H2,(H,24,26). The van der Waals surface area contributed by atoms with Crippen LogP contribution in [0.2, 0.25) is 0 Å². The lowest BCUT2D eigenvalue weighted by Crippen LogP contribution is -2.36. The summed E-state index contributed by atoms with van der Waals surface area (Å²) in [4.78, 5) is 14.2. The van der Waals surface area contributed by atoms with E-state index >= 15 is 0 Å². The minimum Gasteiger partial charge on any atom is -0.383 e. The van der Waals surface area contributed by atoms with Crippen molar-refractivity contribution in [2.75, 3.05) is 48.4 Å². The smallest absolute Gasteiger partial charge is 0.226 e. The van der Waals surface area contributed by atoms with Gasteiger partial charge in [-0.25, -0.2) is 13.2 Å². The van der Waals surface area contributed by atoms with Gasteiger partial charge < -0.3 is 20.3 Å². The van der Waals surface area contributed by atoms with Gasteiger partial charge in [-0.2, -0.15) is 0 Å². The van der Waals surface area contributed by atoms with Crippen molar-refractivity contribution in [1.82, 2.24) is 0 Å². The number of hydrogen-bond donors (Lipinski definition) is 2. The lowest BCUT2D eigenvalue weighted by Gasteiger charge is -2.30. The second kappa shape index (κ2) is 8.77. The second-order valence-corrected chi connectivity index (χ2v) is 6.06. The molecule has 2 aromatic carbocycles. The van der Waals surface area contributed by atoms with E-state index in [1.807, 2.05) is 24.3 Å². The average molecular weight is 379 g/mol. The van der Waals surface area contributed by atoms with Gasteiger partial charge in [0, 0.05) is 26.1 Å². The summed E-state index contributed by atoms with van der Waals surface area (Å²) in [7, 11) is 0. The molecule has 0 aliphatic carbocycles. The Morgan fingerprint density at radius 3 is 2.52 bits per heavy atom. The summed E-state index contributed by atoms with van der Waals surface area (Å²) in [5, 5.41) is 5.45. The lowest BCUT2D eigenvalue weighted by atomic mass is 10.2. The SMILES string of the molecule is O=C(CCNc1ccccc1N1CCOCC1)Nc1ccc(F)c(F)c1F. The van der Waals surface area contributed by atoms with Gasteiger partial charge in [0.1, 0.15) is 0 Å². The largest absolute Gasteiger partial charge is 0.383 e. The molecule has 0 atom stereocenters. The van der Waals surface area contributed by atoms with Gasteiger partial charge in [0.15, 0.2) is 17.5 Å². The third-order valence-corrected chi connectivity index (χ3v) is 4.23. The lowest BCUT2D eigenvalue weighted by molar-refractivity contribution is -0.116. The molecule has 1 aliphatic heterocycles. The molecule has 2 aromatic rings. The predicted octanol–water partition coefficient (Wildman–Crippen LogP) is 3.38. The number of benzene rings is 2. The Balaban J connectivity index is 1.56. The Hall–Kier alpha value is -2.74. The number of rotatable bonds is 6. The summed E-state index contributed by atoms with van der Waals surface area (Å²) in [6.45, 7) is 3.20. The van der Waals surface area contributed by atoms with Crippen molar-refractivity contribution in [3.8, 4) is 0 Å². The highest BCUT2D eigenvalue weighted by atomic mass is 19.2. The minimum atomic E-state index is -1.61. The topological polar surface area (TPSA) is 53.6 Å². The molecule has 144 valence electrons. The number of anilines is 3. The molecule has 0 spiro atoms. The predicted molar refractivity (Wildman–Crippen MR) is 97.5 cm³/mol. The molecule has 0 saturated carbocycles. The molecular formula is C19H20F3N3O2. The van der Waals surface area contributed by atoms with Crippen LogP contribution in [0, 0.1) is 17.5 Å². The van der Waals surface area contributed by atoms with Gasteiger partial charge in [0.05, 0.1) is 30.3 Å². The first-order chi connectivity index (χ1) is 13.1. The number of carbonyl (C=O) groups excluding carboxylic acids is 1. The summed E-state index contributed by atoms with van der Waals surface area (Å²) in [6, 6.07) is 9.50. The molecule has 1 fully saturated rings. The number of ether oxygens (including phenoxy) is 1. The summed E-state index contributed by atoms with van der Waals surface area (Å²) in [5.41, 5.74) is 1.52. The third-order valence-electron chi connectivity index (χ3n) is 4.23. The first-order valence-electron chi connectivity index (χ1n) is 8.65. The van der Waals surface area contributed by atoms with Crippen LogP contribution in [0.5, 0.6) is 0 Å². The highest BCUT2D eigenvalue weighted by Gasteiger charge is 2.16. The van der Waals surface area contributed by atoms with Gasteiger partial charge >= 0.3 is 0 Å². The van der Waals surface area contributed by atoms with Crippen LogP contribution in [0.1, 0.15) is 6.42 Å². The quantitative estimate of drug-likeness (QED) is 0.756. The van der Waals surface area contributed by atoms with Gasteiger partial charge in [-0.3, -0.25) is 4.79 Å². The Kier molecular flexibility index (Phi) is 6.18. The van der Waals surface area contributed by atoms with Crippen LogP contribution in [-0.4, -0.2) is 38.8 Å². The molecule has 27 heavy (non-hydrogen) atoms. The fourth-order valence-electron chi connectivity index (χ4n) is 2.85. The fraction of sp³-hybridized carbons (Fsp3) is 0.316. The van der Waals surface area contributed by atoms with E-state index in [0.717, 1.165) is 36.6 Å². The van der Waals surface area contributed by atoms with E-state index in [1.165, 1.54) is 0 Å². The van der Waals surface area contributed by atoms with Crippen molar-refractivity contribution < 1.29 is 22.7 Å². The number of nitrogens with zero attached hydrogens (tertiary/aromatic N) is 1. The number of hydrogen-bond acceptors (Lipinski definition) is 4. The molecule has 0 unspecified atom stereocenters. The van der Waals surface area contributed by atoms with Gasteiger partial charge in [-0.1, -0.05) is 12.1 Å². The fourth-order valence-corrected chi connectivity index (χ4v) is 2.85. The molecule has 1 saturated heterocycles. The van der Waals surface area contributed by atoms with E-state index in [-0.39, 0.29) is 12.1 Å². The molecule has 0 radical (unpaired) electrons. The summed E-state index contributed by atoms with van der Waals surface area (Å²) in [6.07, 6.45) is 0.0376. The van der Waals surface area contributed by atoms with Crippen molar-refractivity contribution in [3.05, 3.63) is 53.8 Å². The van der Waals surface area contributed by atoms with Crippen LogP contribution < -0.4 is 15.5 Å². The zero-order valence-electron chi connectivity index (χ0n) is 14.6. The van der Waals surface area contributed by atoms with Crippen molar-refractivity contribution in [2.24, 2.45) is 0 Å². The molecule has 3 rings (SSSR count). The molecule has 2 N–H and O–H groups in total. The molecule has 1 amide bonds. The van der Waals surface area contributed by atoms with E-state index in [1.54, 1.807) is 0 Å². The highest BCUT2D eigenvalue weighted by molar-refractivity contribution is 5.91. The van der Waals surface area contributed by atoms with Crippen molar-refractivity contribution in [1.29, 1.82) is 0 Å². The van der Waals surface area contributed by atoms with Crippen LogP contribution in [-0.2, 0) is 9.53 Å². The van der Waals surface area contributed by atoms with Crippen molar-refractivity contribution in [2.45, 2.75) is 6.42 Å². The van der Waals surface area contributed by atoms with E-state index in [4.69, 9.17) is 4.74 Å². The van der Waals surface area contributed by atoms with Gasteiger partial charge in [0.2, 0.25) is 5.91 Å². The summed E-state index contributed by atoms with van der Waals surface area (Å²) >= 11 is 0. The first-order valence-corrected chi connectivity index (χ1v) is 8.65. The van der Waals surface area contributed by atoms with Crippen molar-refractivity contribution >= 4 is 23.0 Å². The number of morpholine rings is 1. The zero-order valence-corrected chi connectivity index (χ0v) is 14.6. The average Bonchev–Trinajstić information content (AvgIpc) is 2.69. The molecule has 0 bridgehead atoms. The number of halogens is 3. The van der Waals surface area contributed by atoms with Gasteiger partial charge in [0.25, 0.3) is 0 Å². The maximum atomic E-state index is 13.6. The van der Waals surface area contributed by atoms with Gasteiger partial charge in [-0.05, 0) is 24.3 Å². The Morgan fingerprint density at radius 1 is 1.00 bits per heavy atom. The number of nitrogens with one attached hydrogen (secondary N) is 2. The normalized spacial score (nSPS) is 14.1. The van der Waals surface area contributed by atoms with Crippen LogP contribution in [0.3, 0.4) is 0 Å². The molecule has 5 nitrogen and oxygen atoms in total. The zero-order chi connectivity index (χ0) is 19.2. The Bertz CT molecular complexity index is 811. The van der Waals surface area contributed by atoms with Crippen molar-refractivity contribution in [3.63, 3.8) is 0 Å². The van der Waals surface area contributed by atoms with Crippen LogP contribution >= 0.6 is 0 Å². The minimum absolute atomic E-state index is 0.0376. The summed E-state index contributed by atoms with van der Waals surface area (Å²) < 4.78 is 45.1. The van der Waals surface area contributed by atoms with Crippen LogP contribution in [0.4, 0.5) is 30.2 Å². The summed E-state index contributed by atoms with van der Waals surface area (Å²) in [5.74, 6) is -4.82. The van der Waals surface area contributed by atoms with E-state index in [9.17, 15) is 18.0 Å². The Morgan fingerprint density at radius 2 is 1.74 bits per heavy atom. The second-order valence-electron chi connectivity index (χ2n) is 6.06. The molecule has 8 heteroatoms. The number of carbonyl (C=O) groups is 1. The molecule has 1 heterocycles. The van der Waals surface area contributed by atoms with Gasteiger partial charge in [-0.15, -0.1) is 0 Å². The maximum absolute atomic E-state index is 13.6. The first kappa shape index (κ1) is 19.0. The maximum Gasteiger partial charge on any atom is 0.226 e. The molecule has 0 aromatic heterocycles. The van der Waals surface area contributed by atoms with Crippen LogP contribution in [0.15, 0.2) is 36.4 Å². The highest BCUT2D eigenvalue weighted by Crippen LogP contribution is 2.26. The van der Waals surface area contributed by atoms with E-state index in [2.05, 4.69) is 15.5 Å². The molecular weight excluding hydrogens is 359 g/mol. The monoisotopic (exact) mass is 379 g/mol. The van der Waals surface area contributed by atoms with E-state index < -0.39 is 23.4 Å².